The maximum absolute atomic E-state index is 5.75. The van der Waals surface area contributed by atoms with Crippen LogP contribution in [0, 0.1) is 3.57 Å². The maximum Gasteiger partial charge on any atom is 0.174 e. The molecule has 0 spiro atoms. The van der Waals surface area contributed by atoms with Crippen molar-refractivity contribution in [2.24, 2.45) is 0 Å². The van der Waals surface area contributed by atoms with Crippen molar-refractivity contribution < 1.29 is 9.47 Å². The predicted molar refractivity (Wildman–Crippen MR) is 109 cm³/mol. The Labute approximate surface area is 158 Å². The summed E-state index contributed by atoms with van der Waals surface area (Å²) in [5, 5.41) is 3.46. The standard InChI is InChI=1S/C20H24INO2/c1-4-11-24-20-18(21)12-16(13-19(20)23-6-3)14-22-17-9-7-15(5-2)8-10-17/h4,7-10,12-13,22H,1,5-6,11,14H2,2-3H3. The second-order valence-electron chi connectivity index (χ2n) is 5.34. The number of aryl methyl sites for hydroxylation is 1. The van der Waals surface area contributed by atoms with E-state index < -0.39 is 0 Å². The van der Waals surface area contributed by atoms with Crippen molar-refractivity contribution in [3.8, 4) is 11.5 Å². The average molecular weight is 437 g/mol. The van der Waals surface area contributed by atoms with Crippen LogP contribution in [0.1, 0.15) is 25.0 Å². The van der Waals surface area contributed by atoms with E-state index in [0.717, 1.165) is 39.3 Å². The Morgan fingerprint density at radius 2 is 1.83 bits per heavy atom. The maximum atomic E-state index is 5.75. The lowest BCUT2D eigenvalue weighted by Crippen LogP contribution is -2.04. The minimum atomic E-state index is 0.470. The summed E-state index contributed by atoms with van der Waals surface area (Å²) >= 11 is 2.29. The monoisotopic (exact) mass is 437 g/mol. The van der Waals surface area contributed by atoms with Crippen LogP contribution in [0.4, 0.5) is 5.69 Å². The first kappa shape index (κ1) is 18.6. The topological polar surface area (TPSA) is 30.5 Å². The van der Waals surface area contributed by atoms with Crippen LogP contribution in [0.25, 0.3) is 0 Å². The second-order valence-corrected chi connectivity index (χ2v) is 6.50. The number of anilines is 1. The summed E-state index contributed by atoms with van der Waals surface area (Å²) in [4.78, 5) is 0. The van der Waals surface area contributed by atoms with E-state index in [2.05, 4.69) is 71.7 Å². The van der Waals surface area contributed by atoms with Crippen molar-refractivity contribution in [3.63, 3.8) is 0 Å². The molecule has 24 heavy (non-hydrogen) atoms. The van der Waals surface area contributed by atoms with Gasteiger partial charge in [0.25, 0.3) is 0 Å². The van der Waals surface area contributed by atoms with Crippen molar-refractivity contribution >= 4 is 28.3 Å². The van der Waals surface area contributed by atoms with Crippen LogP contribution in [-0.4, -0.2) is 13.2 Å². The molecular formula is C20H24INO2. The zero-order valence-corrected chi connectivity index (χ0v) is 16.4. The molecule has 3 nitrogen and oxygen atoms in total. The van der Waals surface area contributed by atoms with Crippen LogP contribution in [0.15, 0.2) is 49.1 Å². The lowest BCUT2D eigenvalue weighted by Gasteiger charge is -2.15. The summed E-state index contributed by atoms with van der Waals surface area (Å²) in [6.45, 7) is 9.65. The molecule has 0 bridgehead atoms. The molecule has 0 saturated heterocycles. The number of ether oxygens (including phenoxy) is 2. The highest BCUT2D eigenvalue weighted by Crippen LogP contribution is 2.34. The van der Waals surface area contributed by atoms with Gasteiger partial charge in [-0.25, -0.2) is 0 Å². The van der Waals surface area contributed by atoms with Crippen LogP contribution in [0.3, 0.4) is 0 Å². The van der Waals surface area contributed by atoms with Crippen molar-refractivity contribution in [2.45, 2.75) is 26.8 Å². The van der Waals surface area contributed by atoms with Gasteiger partial charge in [-0.15, -0.1) is 0 Å². The van der Waals surface area contributed by atoms with E-state index in [-0.39, 0.29) is 0 Å². The number of benzene rings is 2. The molecule has 2 rings (SSSR count). The molecule has 0 unspecified atom stereocenters. The Morgan fingerprint density at radius 1 is 1.08 bits per heavy atom. The highest BCUT2D eigenvalue weighted by molar-refractivity contribution is 14.1. The smallest absolute Gasteiger partial charge is 0.174 e. The number of halogens is 1. The molecule has 0 amide bonds. The summed E-state index contributed by atoms with van der Waals surface area (Å²) in [6.07, 6.45) is 2.80. The van der Waals surface area contributed by atoms with Crippen molar-refractivity contribution in [1.29, 1.82) is 0 Å². The highest BCUT2D eigenvalue weighted by atomic mass is 127. The SMILES string of the molecule is C=CCOc1c(I)cc(CNc2ccc(CC)cc2)cc1OCC. The first-order valence-corrected chi connectivity index (χ1v) is 9.27. The summed E-state index contributed by atoms with van der Waals surface area (Å²) < 4.78 is 12.5. The molecule has 0 aromatic heterocycles. The fraction of sp³-hybridized carbons (Fsp3) is 0.300. The van der Waals surface area contributed by atoms with Gasteiger partial charge in [0.05, 0.1) is 10.2 Å². The third kappa shape index (κ3) is 5.16. The van der Waals surface area contributed by atoms with Gasteiger partial charge in [-0.3, -0.25) is 0 Å². The van der Waals surface area contributed by atoms with E-state index in [9.17, 15) is 0 Å². The number of rotatable bonds is 9. The third-order valence-corrected chi connectivity index (χ3v) is 4.37. The minimum absolute atomic E-state index is 0.470. The molecule has 2 aromatic carbocycles. The Kier molecular flexibility index (Phi) is 7.43. The van der Waals surface area contributed by atoms with Crippen molar-refractivity contribution in [3.05, 3.63) is 63.8 Å². The van der Waals surface area contributed by atoms with Gasteiger partial charge in [-0.2, -0.15) is 0 Å². The Balaban J connectivity index is 2.12. The fourth-order valence-electron chi connectivity index (χ4n) is 2.33. The summed E-state index contributed by atoms with van der Waals surface area (Å²) in [6, 6.07) is 12.7. The molecule has 1 N–H and O–H groups in total. The normalized spacial score (nSPS) is 10.3. The molecule has 0 radical (unpaired) electrons. The van der Waals surface area contributed by atoms with Crippen LogP contribution in [0.5, 0.6) is 11.5 Å². The van der Waals surface area contributed by atoms with E-state index in [1.165, 1.54) is 5.56 Å². The molecule has 4 heteroatoms. The first-order valence-electron chi connectivity index (χ1n) is 8.19. The Morgan fingerprint density at radius 3 is 2.46 bits per heavy atom. The fourth-order valence-corrected chi connectivity index (χ4v) is 3.15. The zero-order chi connectivity index (χ0) is 17.4. The van der Waals surface area contributed by atoms with Gasteiger partial charge >= 0.3 is 0 Å². The lowest BCUT2D eigenvalue weighted by atomic mass is 10.1. The number of hydrogen-bond acceptors (Lipinski definition) is 3. The van der Waals surface area contributed by atoms with Crippen LogP contribution < -0.4 is 14.8 Å². The number of hydrogen-bond donors (Lipinski definition) is 1. The Hall–Kier alpha value is -1.69. The molecule has 2 aromatic rings. The summed E-state index contributed by atoms with van der Waals surface area (Å²) in [5.74, 6) is 1.57. The Bertz CT molecular complexity index is 668. The summed E-state index contributed by atoms with van der Waals surface area (Å²) in [7, 11) is 0. The van der Waals surface area contributed by atoms with Crippen LogP contribution in [-0.2, 0) is 13.0 Å². The molecule has 0 aliphatic carbocycles. The lowest BCUT2D eigenvalue weighted by molar-refractivity contribution is 0.295. The molecule has 0 saturated carbocycles. The van der Waals surface area contributed by atoms with Gasteiger partial charge in [0.1, 0.15) is 6.61 Å². The first-order chi connectivity index (χ1) is 11.7. The van der Waals surface area contributed by atoms with Crippen LogP contribution >= 0.6 is 22.6 Å². The van der Waals surface area contributed by atoms with Gasteiger partial charge in [0.2, 0.25) is 0 Å². The predicted octanol–water partition coefficient (Wildman–Crippen LogP) is 5.43. The van der Waals surface area contributed by atoms with Gasteiger partial charge in [0, 0.05) is 12.2 Å². The second kappa shape index (κ2) is 9.57. The highest BCUT2D eigenvalue weighted by Gasteiger charge is 2.12. The zero-order valence-electron chi connectivity index (χ0n) is 14.3. The molecule has 128 valence electrons. The van der Waals surface area contributed by atoms with E-state index in [4.69, 9.17) is 9.47 Å². The largest absolute Gasteiger partial charge is 0.490 e. The van der Waals surface area contributed by atoms with Gasteiger partial charge in [-0.1, -0.05) is 31.7 Å². The third-order valence-electron chi connectivity index (χ3n) is 3.57. The van der Waals surface area contributed by atoms with E-state index >= 15 is 0 Å². The molecule has 0 aliphatic rings. The van der Waals surface area contributed by atoms with Gasteiger partial charge in [0.15, 0.2) is 11.5 Å². The van der Waals surface area contributed by atoms with E-state index in [1.807, 2.05) is 13.0 Å². The molecule has 0 fully saturated rings. The average Bonchev–Trinajstić information content (AvgIpc) is 2.60. The van der Waals surface area contributed by atoms with Gasteiger partial charge < -0.3 is 14.8 Å². The van der Waals surface area contributed by atoms with Crippen molar-refractivity contribution in [2.75, 3.05) is 18.5 Å². The summed E-state index contributed by atoms with van der Waals surface area (Å²) in [5.41, 5.74) is 3.62. The minimum Gasteiger partial charge on any atom is -0.490 e. The van der Waals surface area contributed by atoms with Gasteiger partial charge in [-0.05, 0) is 71.3 Å². The molecule has 0 heterocycles. The number of nitrogens with one attached hydrogen (secondary N) is 1. The van der Waals surface area contributed by atoms with Crippen LogP contribution in [0.2, 0.25) is 0 Å². The van der Waals surface area contributed by atoms with Crippen molar-refractivity contribution in [1.82, 2.24) is 0 Å². The molecular weight excluding hydrogens is 413 g/mol. The van der Waals surface area contributed by atoms with E-state index in [0.29, 0.717) is 13.2 Å². The molecule has 0 aliphatic heterocycles. The molecule has 0 atom stereocenters. The van der Waals surface area contributed by atoms with E-state index in [1.54, 1.807) is 6.08 Å². The quantitative estimate of drug-likeness (QED) is 0.419.